The van der Waals surface area contributed by atoms with Crippen LogP contribution in [0.1, 0.15) is 30.5 Å². The molecule has 1 rings (SSSR count). The van der Waals surface area contributed by atoms with Gasteiger partial charge in [-0.1, -0.05) is 6.07 Å². The Bertz CT molecular complexity index is 388. The molecule has 0 unspecified atom stereocenters. The van der Waals surface area contributed by atoms with Crippen LogP contribution in [0.25, 0.3) is 0 Å². The Morgan fingerprint density at radius 3 is 2.50 bits per heavy atom. The van der Waals surface area contributed by atoms with Crippen LogP contribution in [0.3, 0.4) is 0 Å². The minimum atomic E-state index is -0.424. The summed E-state index contributed by atoms with van der Waals surface area (Å²) in [5.74, 6) is 0.885. The Kier molecular flexibility index (Phi) is 5.63. The van der Waals surface area contributed by atoms with E-state index >= 15 is 0 Å². The maximum Gasteiger partial charge on any atom is 0.137 e. The maximum absolute atomic E-state index is 9.83. The molecule has 0 radical (unpaired) electrons. The Morgan fingerprint density at radius 1 is 1.22 bits per heavy atom. The molecule has 3 N–H and O–H groups in total. The van der Waals surface area contributed by atoms with Crippen molar-refractivity contribution in [3.63, 3.8) is 0 Å². The molecule has 3 nitrogen and oxygen atoms in total. The highest BCUT2D eigenvalue weighted by Gasteiger charge is 2.10. The number of nitrogens with two attached hydrogens (primary N) is 1. The first-order valence-corrected chi connectivity index (χ1v) is 6.62. The molecular formula is C15H26NO2+. The first-order chi connectivity index (χ1) is 8.40. The second-order valence-electron chi connectivity index (χ2n) is 5.39. The van der Waals surface area contributed by atoms with Gasteiger partial charge >= 0.3 is 0 Å². The van der Waals surface area contributed by atoms with Crippen LogP contribution < -0.4 is 10.1 Å². The van der Waals surface area contributed by atoms with Gasteiger partial charge in [-0.3, -0.25) is 0 Å². The summed E-state index contributed by atoms with van der Waals surface area (Å²) in [6, 6.07) is 4.68. The van der Waals surface area contributed by atoms with Gasteiger partial charge in [-0.05, 0) is 57.4 Å². The van der Waals surface area contributed by atoms with E-state index in [9.17, 15) is 5.11 Å². The second kappa shape index (κ2) is 6.76. The third kappa shape index (κ3) is 4.67. The summed E-state index contributed by atoms with van der Waals surface area (Å²) in [6.07, 6.45) is -0.424. The highest BCUT2D eigenvalue weighted by Crippen LogP contribution is 2.23. The van der Waals surface area contributed by atoms with Gasteiger partial charge in [0.25, 0.3) is 0 Å². The number of aliphatic hydroxyl groups excluding tert-OH is 1. The standard InChI is InChI=1S/C15H25NO2/c1-10(2)16-8-14(17)9-18-15-7-11(3)6-12(4)13(15)5/h6-7,10,14,16-17H,8-9H2,1-5H3/p+1/t14-/m1/s1. The summed E-state index contributed by atoms with van der Waals surface area (Å²) in [5.41, 5.74) is 3.57. The lowest BCUT2D eigenvalue weighted by molar-refractivity contribution is -0.688. The van der Waals surface area contributed by atoms with Crippen molar-refractivity contribution < 1.29 is 15.2 Å². The molecule has 0 heterocycles. The lowest BCUT2D eigenvalue weighted by Crippen LogP contribution is -2.90. The van der Waals surface area contributed by atoms with Gasteiger partial charge in [0.15, 0.2) is 0 Å². The van der Waals surface area contributed by atoms with Crippen molar-refractivity contribution in [1.82, 2.24) is 0 Å². The number of aryl methyl sites for hydroxylation is 2. The predicted molar refractivity (Wildman–Crippen MR) is 74.1 cm³/mol. The van der Waals surface area contributed by atoms with Crippen LogP contribution in [0, 0.1) is 20.8 Å². The lowest BCUT2D eigenvalue weighted by atomic mass is 10.1. The molecule has 18 heavy (non-hydrogen) atoms. The summed E-state index contributed by atoms with van der Waals surface area (Å²) < 4.78 is 5.72. The molecule has 0 spiro atoms. The summed E-state index contributed by atoms with van der Waals surface area (Å²) >= 11 is 0. The number of hydrogen-bond acceptors (Lipinski definition) is 2. The van der Waals surface area contributed by atoms with Crippen molar-refractivity contribution in [2.24, 2.45) is 0 Å². The highest BCUT2D eigenvalue weighted by atomic mass is 16.5. The van der Waals surface area contributed by atoms with E-state index in [-0.39, 0.29) is 0 Å². The Balaban J connectivity index is 2.53. The van der Waals surface area contributed by atoms with Crippen LogP contribution in [-0.2, 0) is 0 Å². The topological polar surface area (TPSA) is 46.1 Å². The Labute approximate surface area is 110 Å². The molecule has 0 aliphatic rings. The van der Waals surface area contributed by atoms with E-state index in [1.807, 2.05) is 6.07 Å². The molecule has 1 aromatic carbocycles. The molecule has 0 aromatic heterocycles. The van der Waals surface area contributed by atoms with Crippen LogP contribution >= 0.6 is 0 Å². The third-order valence-corrected chi connectivity index (χ3v) is 3.07. The molecule has 0 fully saturated rings. The zero-order chi connectivity index (χ0) is 13.7. The van der Waals surface area contributed by atoms with Crippen LogP contribution in [-0.4, -0.2) is 30.4 Å². The van der Waals surface area contributed by atoms with Gasteiger partial charge < -0.3 is 15.2 Å². The summed E-state index contributed by atoms with van der Waals surface area (Å²) in [5, 5.41) is 11.9. The molecular weight excluding hydrogens is 226 g/mol. The van der Waals surface area contributed by atoms with Crippen LogP contribution in [0.15, 0.2) is 12.1 Å². The molecule has 102 valence electrons. The summed E-state index contributed by atoms with van der Waals surface area (Å²) in [6.45, 7) is 11.5. The molecule has 0 aliphatic carbocycles. The largest absolute Gasteiger partial charge is 0.490 e. The van der Waals surface area contributed by atoms with Crippen molar-refractivity contribution in [1.29, 1.82) is 0 Å². The molecule has 0 amide bonds. The molecule has 0 saturated carbocycles. The molecule has 3 heteroatoms. The van der Waals surface area contributed by atoms with Crippen molar-refractivity contribution in [2.45, 2.75) is 46.8 Å². The molecule has 1 atom stereocenters. The number of benzene rings is 1. The van der Waals surface area contributed by atoms with Crippen molar-refractivity contribution in [3.05, 3.63) is 28.8 Å². The van der Waals surface area contributed by atoms with Crippen molar-refractivity contribution >= 4 is 0 Å². The van der Waals surface area contributed by atoms with Gasteiger partial charge in [0.05, 0.1) is 6.04 Å². The number of rotatable bonds is 6. The van der Waals surface area contributed by atoms with Crippen molar-refractivity contribution in [2.75, 3.05) is 13.2 Å². The number of quaternary nitrogens is 1. The number of hydrogen-bond donors (Lipinski definition) is 2. The van der Waals surface area contributed by atoms with Gasteiger partial charge in [0, 0.05) is 0 Å². The van der Waals surface area contributed by atoms with E-state index < -0.39 is 6.10 Å². The van der Waals surface area contributed by atoms with Gasteiger partial charge in [-0.15, -0.1) is 0 Å². The highest BCUT2D eigenvalue weighted by molar-refractivity contribution is 5.41. The second-order valence-corrected chi connectivity index (χ2v) is 5.39. The smallest absolute Gasteiger partial charge is 0.137 e. The van der Waals surface area contributed by atoms with E-state index in [4.69, 9.17) is 4.74 Å². The van der Waals surface area contributed by atoms with Crippen LogP contribution in [0.2, 0.25) is 0 Å². The van der Waals surface area contributed by atoms with Gasteiger partial charge in [0.2, 0.25) is 0 Å². The lowest BCUT2D eigenvalue weighted by Gasteiger charge is -2.15. The maximum atomic E-state index is 9.83. The number of ether oxygens (including phenoxy) is 1. The van der Waals surface area contributed by atoms with E-state index in [2.05, 4.69) is 46.0 Å². The van der Waals surface area contributed by atoms with E-state index in [0.29, 0.717) is 19.2 Å². The number of aliphatic hydroxyl groups is 1. The zero-order valence-corrected chi connectivity index (χ0v) is 12.2. The summed E-state index contributed by atoms with van der Waals surface area (Å²) in [4.78, 5) is 0. The van der Waals surface area contributed by atoms with E-state index in [1.54, 1.807) is 0 Å². The van der Waals surface area contributed by atoms with Crippen LogP contribution in [0.5, 0.6) is 5.75 Å². The van der Waals surface area contributed by atoms with E-state index in [1.165, 1.54) is 11.1 Å². The fourth-order valence-corrected chi connectivity index (χ4v) is 1.83. The third-order valence-electron chi connectivity index (χ3n) is 3.07. The average molecular weight is 252 g/mol. The van der Waals surface area contributed by atoms with Gasteiger partial charge in [-0.25, -0.2) is 0 Å². The average Bonchev–Trinajstić information content (AvgIpc) is 2.29. The van der Waals surface area contributed by atoms with Crippen molar-refractivity contribution in [3.8, 4) is 5.75 Å². The quantitative estimate of drug-likeness (QED) is 0.802. The first-order valence-electron chi connectivity index (χ1n) is 6.62. The predicted octanol–water partition coefficient (Wildman–Crippen LogP) is 1.32. The Hall–Kier alpha value is -1.06. The minimum absolute atomic E-state index is 0.354. The molecule has 0 saturated heterocycles. The van der Waals surface area contributed by atoms with E-state index in [0.717, 1.165) is 11.3 Å². The SMILES string of the molecule is Cc1cc(C)c(C)c(OC[C@H](O)C[NH2+]C(C)C)c1. The molecule has 0 bridgehead atoms. The summed E-state index contributed by atoms with van der Waals surface area (Å²) in [7, 11) is 0. The monoisotopic (exact) mass is 252 g/mol. The van der Waals surface area contributed by atoms with Gasteiger partial charge in [0.1, 0.15) is 25.0 Å². The fraction of sp³-hybridized carbons (Fsp3) is 0.600. The fourth-order valence-electron chi connectivity index (χ4n) is 1.83. The minimum Gasteiger partial charge on any atom is -0.490 e. The normalized spacial score (nSPS) is 12.8. The van der Waals surface area contributed by atoms with Crippen LogP contribution in [0.4, 0.5) is 0 Å². The Morgan fingerprint density at radius 2 is 1.89 bits per heavy atom. The molecule has 1 aromatic rings. The first kappa shape index (κ1) is 15.0. The zero-order valence-electron chi connectivity index (χ0n) is 12.2. The van der Waals surface area contributed by atoms with Gasteiger partial charge in [-0.2, -0.15) is 0 Å². The molecule has 0 aliphatic heterocycles.